The van der Waals surface area contributed by atoms with Crippen molar-refractivity contribution in [3.63, 3.8) is 0 Å². The Hall–Kier alpha value is -0.160. The molecule has 2 aliphatic rings. The third kappa shape index (κ3) is 4.42. The molecule has 2 rings (SSSR count). The van der Waals surface area contributed by atoms with Gasteiger partial charge in [-0.2, -0.15) is 0 Å². The summed E-state index contributed by atoms with van der Waals surface area (Å²) in [6, 6.07) is 0.641. The third-order valence-electron chi connectivity index (χ3n) is 4.69. The van der Waals surface area contributed by atoms with Crippen LogP contribution in [-0.2, 0) is 4.74 Å². The van der Waals surface area contributed by atoms with Crippen LogP contribution in [0.2, 0.25) is 0 Å². The molecule has 2 unspecified atom stereocenters. The summed E-state index contributed by atoms with van der Waals surface area (Å²) >= 11 is 0. The van der Waals surface area contributed by atoms with Crippen molar-refractivity contribution in [3.05, 3.63) is 0 Å². The topological polar surface area (TPSA) is 44.7 Å². The molecule has 0 aromatic heterocycles. The zero-order chi connectivity index (χ0) is 13.9. The number of aliphatic hydroxyl groups is 1. The van der Waals surface area contributed by atoms with E-state index in [0.29, 0.717) is 6.04 Å². The average Bonchev–Trinajstić information content (AvgIpc) is 3.20. The lowest BCUT2D eigenvalue weighted by molar-refractivity contribution is -0.0525. The van der Waals surface area contributed by atoms with E-state index in [4.69, 9.17) is 4.74 Å². The summed E-state index contributed by atoms with van der Waals surface area (Å²) in [6.45, 7) is 7.77. The van der Waals surface area contributed by atoms with Crippen molar-refractivity contribution in [2.24, 2.45) is 0 Å². The van der Waals surface area contributed by atoms with Crippen LogP contribution >= 0.6 is 0 Å². The number of methoxy groups -OCH3 is 1. The van der Waals surface area contributed by atoms with E-state index in [2.05, 4.69) is 24.1 Å². The molecule has 4 nitrogen and oxygen atoms in total. The maximum Gasteiger partial charge on any atom is 0.0777 e. The fourth-order valence-corrected chi connectivity index (χ4v) is 2.99. The zero-order valence-electron chi connectivity index (χ0n) is 12.7. The van der Waals surface area contributed by atoms with Gasteiger partial charge in [0.1, 0.15) is 0 Å². The lowest BCUT2D eigenvalue weighted by atomic mass is 9.93. The van der Waals surface area contributed by atoms with Crippen LogP contribution in [0.25, 0.3) is 0 Å². The predicted molar refractivity (Wildman–Crippen MR) is 77.4 cm³/mol. The molecule has 1 saturated heterocycles. The smallest absolute Gasteiger partial charge is 0.0777 e. The molecule has 112 valence electrons. The van der Waals surface area contributed by atoms with Gasteiger partial charge >= 0.3 is 0 Å². The van der Waals surface area contributed by atoms with Gasteiger partial charge in [0.05, 0.1) is 12.2 Å². The van der Waals surface area contributed by atoms with E-state index in [1.165, 1.54) is 19.3 Å². The van der Waals surface area contributed by atoms with Crippen molar-refractivity contribution in [2.45, 2.75) is 63.1 Å². The van der Waals surface area contributed by atoms with Gasteiger partial charge in [0, 0.05) is 31.8 Å². The average molecular weight is 270 g/mol. The van der Waals surface area contributed by atoms with Crippen molar-refractivity contribution in [1.82, 2.24) is 10.2 Å². The summed E-state index contributed by atoms with van der Waals surface area (Å²) in [5.74, 6) is 0. The van der Waals surface area contributed by atoms with Gasteiger partial charge in [-0.1, -0.05) is 0 Å². The molecule has 0 spiro atoms. The fourth-order valence-electron chi connectivity index (χ4n) is 2.99. The normalized spacial score (nSPS) is 32.2. The molecule has 2 N–H and O–H groups in total. The SMILES string of the molecule is COC1(C)CCCN(CCC(C)(CO)NC2CC2)C1. The standard InChI is InChI=1S/C15H30N2O2/c1-14(12-18,16-13-5-6-13)8-10-17-9-4-7-15(2,11-17)19-3/h13,16,18H,4-12H2,1-3H3. The predicted octanol–water partition coefficient (Wildman–Crippen LogP) is 1.38. The summed E-state index contributed by atoms with van der Waals surface area (Å²) < 4.78 is 5.64. The molecule has 0 aromatic rings. The Morgan fingerprint density at radius 2 is 2.21 bits per heavy atom. The van der Waals surface area contributed by atoms with Crippen LogP contribution in [-0.4, -0.2) is 60.5 Å². The number of ether oxygens (including phenoxy) is 1. The number of rotatable bonds is 7. The lowest BCUT2D eigenvalue weighted by Gasteiger charge is -2.41. The molecular formula is C15H30N2O2. The molecular weight excluding hydrogens is 240 g/mol. The Bertz CT molecular complexity index is 296. The minimum atomic E-state index is -0.123. The maximum absolute atomic E-state index is 9.63. The van der Waals surface area contributed by atoms with Crippen LogP contribution in [0.3, 0.4) is 0 Å². The molecule has 1 saturated carbocycles. The second-order valence-corrected chi connectivity index (χ2v) is 6.92. The Morgan fingerprint density at radius 3 is 2.79 bits per heavy atom. The Balaban J connectivity index is 1.79. The molecule has 1 aliphatic heterocycles. The van der Waals surface area contributed by atoms with E-state index in [1.54, 1.807) is 0 Å². The Morgan fingerprint density at radius 1 is 1.47 bits per heavy atom. The summed E-state index contributed by atoms with van der Waals surface area (Å²) in [5, 5.41) is 13.2. The monoisotopic (exact) mass is 270 g/mol. The van der Waals surface area contributed by atoms with Crippen molar-refractivity contribution in [3.8, 4) is 0 Å². The minimum absolute atomic E-state index is 0.0117. The molecule has 0 aromatic carbocycles. The highest BCUT2D eigenvalue weighted by Gasteiger charge is 2.34. The second kappa shape index (κ2) is 6.08. The molecule has 0 radical (unpaired) electrons. The zero-order valence-corrected chi connectivity index (χ0v) is 12.7. The number of piperidine rings is 1. The van der Waals surface area contributed by atoms with E-state index >= 15 is 0 Å². The molecule has 0 amide bonds. The van der Waals surface area contributed by atoms with Crippen LogP contribution in [0.15, 0.2) is 0 Å². The Labute approximate surface area is 117 Å². The summed E-state index contributed by atoms with van der Waals surface area (Å²) in [7, 11) is 1.82. The van der Waals surface area contributed by atoms with Crippen molar-refractivity contribution in [1.29, 1.82) is 0 Å². The number of hydrogen-bond donors (Lipinski definition) is 2. The van der Waals surface area contributed by atoms with Crippen molar-refractivity contribution in [2.75, 3.05) is 33.4 Å². The van der Waals surface area contributed by atoms with Gasteiger partial charge in [-0.15, -0.1) is 0 Å². The lowest BCUT2D eigenvalue weighted by Crippen LogP contribution is -2.52. The first-order valence-corrected chi connectivity index (χ1v) is 7.65. The molecule has 0 bridgehead atoms. The summed E-state index contributed by atoms with van der Waals surface area (Å²) in [6.07, 6.45) is 5.88. The number of likely N-dealkylation sites (tertiary alicyclic amines) is 1. The Kier molecular flexibility index (Phi) is 4.88. The van der Waals surface area contributed by atoms with Crippen LogP contribution < -0.4 is 5.32 Å². The number of nitrogens with zero attached hydrogens (tertiary/aromatic N) is 1. The minimum Gasteiger partial charge on any atom is -0.394 e. The molecule has 1 heterocycles. The third-order valence-corrected chi connectivity index (χ3v) is 4.69. The summed E-state index contributed by atoms with van der Waals surface area (Å²) in [4.78, 5) is 2.48. The highest BCUT2D eigenvalue weighted by Crippen LogP contribution is 2.26. The van der Waals surface area contributed by atoms with Gasteiger partial charge in [-0.05, 0) is 52.5 Å². The van der Waals surface area contributed by atoms with E-state index in [0.717, 1.165) is 32.5 Å². The number of nitrogens with one attached hydrogen (secondary N) is 1. The van der Waals surface area contributed by atoms with Gasteiger partial charge in [0.2, 0.25) is 0 Å². The van der Waals surface area contributed by atoms with Crippen LogP contribution in [0, 0.1) is 0 Å². The van der Waals surface area contributed by atoms with E-state index in [1.807, 2.05) is 7.11 Å². The first-order valence-electron chi connectivity index (χ1n) is 7.65. The van der Waals surface area contributed by atoms with Gasteiger partial charge in [0.15, 0.2) is 0 Å². The van der Waals surface area contributed by atoms with Gasteiger partial charge in [-0.25, -0.2) is 0 Å². The van der Waals surface area contributed by atoms with E-state index in [-0.39, 0.29) is 17.7 Å². The largest absolute Gasteiger partial charge is 0.394 e. The first-order chi connectivity index (χ1) is 8.99. The molecule has 1 aliphatic carbocycles. The molecule has 4 heteroatoms. The van der Waals surface area contributed by atoms with Crippen LogP contribution in [0.4, 0.5) is 0 Å². The molecule has 2 fully saturated rings. The van der Waals surface area contributed by atoms with Crippen molar-refractivity contribution < 1.29 is 9.84 Å². The van der Waals surface area contributed by atoms with Gasteiger partial charge in [0.25, 0.3) is 0 Å². The maximum atomic E-state index is 9.63. The van der Waals surface area contributed by atoms with Gasteiger partial charge < -0.3 is 20.1 Å². The molecule has 19 heavy (non-hydrogen) atoms. The highest BCUT2D eigenvalue weighted by atomic mass is 16.5. The quantitative estimate of drug-likeness (QED) is 0.733. The number of aliphatic hydroxyl groups excluding tert-OH is 1. The van der Waals surface area contributed by atoms with Crippen LogP contribution in [0.1, 0.15) is 46.0 Å². The summed E-state index contributed by atoms with van der Waals surface area (Å²) in [5.41, 5.74) is -0.111. The van der Waals surface area contributed by atoms with E-state index in [9.17, 15) is 5.11 Å². The van der Waals surface area contributed by atoms with Crippen molar-refractivity contribution >= 4 is 0 Å². The van der Waals surface area contributed by atoms with E-state index < -0.39 is 0 Å². The molecule has 2 atom stereocenters. The fraction of sp³-hybridized carbons (Fsp3) is 1.00. The highest BCUT2D eigenvalue weighted by molar-refractivity contribution is 4.93. The first kappa shape index (κ1) is 15.2. The number of hydrogen-bond acceptors (Lipinski definition) is 4. The van der Waals surface area contributed by atoms with Gasteiger partial charge in [-0.3, -0.25) is 0 Å². The second-order valence-electron chi connectivity index (χ2n) is 6.92. The van der Waals surface area contributed by atoms with Crippen LogP contribution in [0.5, 0.6) is 0 Å².